The second kappa shape index (κ2) is 4.96. The summed E-state index contributed by atoms with van der Waals surface area (Å²) in [7, 11) is 1.08. The zero-order chi connectivity index (χ0) is 4.83. The minimum atomic E-state index is 1.08. The largest absolute Gasteiger partial charge is 0.0920 e. The van der Waals surface area contributed by atoms with Gasteiger partial charge in [-0.15, -0.1) is 0 Å². The van der Waals surface area contributed by atoms with Gasteiger partial charge in [-0.3, -0.25) is 0 Å². The summed E-state index contributed by atoms with van der Waals surface area (Å²) in [5, 5.41) is 0. The smallest absolute Gasteiger partial charge is 0.0386 e. The minimum Gasteiger partial charge on any atom is -0.0920 e. The highest BCUT2D eigenvalue weighted by atomic mass is 28.2. The first-order valence-corrected chi connectivity index (χ1v) is 3.88. The molecule has 0 rings (SSSR count). The Kier molecular flexibility index (Phi) is 4.92. The second-order valence-corrected chi connectivity index (χ2v) is 2.24. The summed E-state index contributed by atoms with van der Waals surface area (Å²) >= 11 is 0. The Morgan fingerprint density at radius 1 is 1.67 bits per heavy atom. The lowest BCUT2D eigenvalue weighted by atomic mass is 10.6. The molecule has 0 aromatic carbocycles. The Hall–Kier alpha value is -0.0431. The minimum absolute atomic E-state index is 1.08. The topological polar surface area (TPSA) is 0 Å². The van der Waals surface area contributed by atoms with Crippen LogP contribution in [0.2, 0.25) is 12.6 Å². The first-order valence-electron chi connectivity index (χ1n) is 2.17. The molecule has 2 radical (unpaired) electrons. The number of allylic oxidation sites excluding steroid dienone is 2. The van der Waals surface area contributed by atoms with Crippen LogP contribution in [0.3, 0.4) is 0 Å². The quantitative estimate of drug-likeness (QED) is 0.364. The molecule has 0 nitrogen and oxygen atoms in total. The fourth-order valence-electron chi connectivity index (χ4n) is 0.236. The molecule has 0 aromatic rings. The highest BCUT2D eigenvalue weighted by Gasteiger charge is 1.67. The monoisotopic (exact) mass is 98.1 g/mol. The van der Waals surface area contributed by atoms with Crippen LogP contribution in [0.5, 0.6) is 0 Å². The molecule has 0 aromatic heterocycles. The van der Waals surface area contributed by atoms with Crippen molar-refractivity contribution in [2.45, 2.75) is 19.5 Å². The van der Waals surface area contributed by atoms with E-state index < -0.39 is 0 Å². The van der Waals surface area contributed by atoms with E-state index in [0.717, 1.165) is 9.52 Å². The summed E-state index contributed by atoms with van der Waals surface area (Å²) in [6.45, 7) is 4.26. The van der Waals surface area contributed by atoms with Gasteiger partial charge in [0.1, 0.15) is 0 Å². The third kappa shape index (κ3) is 3.96. The van der Waals surface area contributed by atoms with Crippen LogP contribution in [0.25, 0.3) is 0 Å². The van der Waals surface area contributed by atoms with E-state index in [1.54, 1.807) is 0 Å². The van der Waals surface area contributed by atoms with Crippen LogP contribution >= 0.6 is 0 Å². The molecular weight excluding hydrogens is 88.1 g/mol. The van der Waals surface area contributed by atoms with Crippen LogP contribution in [-0.2, 0) is 0 Å². The molecule has 0 N–H and O–H groups in total. The van der Waals surface area contributed by atoms with Gasteiger partial charge in [-0.25, -0.2) is 0 Å². The summed E-state index contributed by atoms with van der Waals surface area (Å²) in [6.07, 6.45) is 4.29. The van der Waals surface area contributed by atoms with Gasteiger partial charge < -0.3 is 0 Å². The third-order valence-corrected chi connectivity index (χ3v) is 1.20. The van der Waals surface area contributed by atoms with Gasteiger partial charge in [0, 0.05) is 9.52 Å². The molecule has 0 aliphatic carbocycles. The summed E-state index contributed by atoms with van der Waals surface area (Å²) in [6, 6.07) is 1.26. The van der Waals surface area contributed by atoms with Crippen molar-refractivity contribution < 1.29 is 0 Å². The number of rotatable bonds is 2. The van der Waals surface area contributed by atoms with E-state index >= 15 is 0 Å². The molecule has 0 bridgehead atoms. The van der Waals surface area contributed by atoms with E-state index in [2.05, 4.69) is 25.6 Å². The van der Waals surface area contributed by atoms with E-state index in [1.807, 2.05) is 0 Å². The maximum Gasteiger partial charge on any atom is 0.0386 e. The molecule has 0 saturated heterocycles. The molecule has 1 heteroatoms. The zero-order valence-corrected chi connectivity index (χ0v) is 5.36. The van der Waals surface area contributed by atoms with Crippen LogP contribution in [0, 0.1) is 0 Å². The highest BCUT2D eigenvalue weighted by molar-refractivity contribution is 6.34. The summed E-state index contributed by atoms with van der Waals surface area (Å²) in [5.41, 5.74) is 0. The van der Waals surface area contributed by atoms with E-state index in [0.29, 0.717) is 0 Å². The molecule has 6 heavy (non-hydrogen) atoms. The number of hydrogen-bond donors (Lipinski definition) is 0. The van der Waals surface area contributed by atoms with Gasteiger partial charge in [-0.2, -0.15) is 0 Å². The van der Waals surface area contributed by atoms with Crippen LogP contribution in [0.1, 0.15) is 6.92 Å². The van der Waals surface area contributed by atoms with Crippen molar-refractivity contribution in [1.29, 1.82) is 0 Å². The normalized spacial score (nSPS) is 10.3. The zero-order valence-electron chi connectivity index (χ0n) is 4.36. The summed E-state index contributed by atoms with van der Waals surface area (Å²) in [4.78, 5) is 0. The fourth-order valence-corrected chi connectivity index (χ4v) is 0.707. The molecule has 0 amide bonds. The van der Waals surface area contributed by atoms with Crippen molar-refractivity contribution in [3.05, 3.63) is 12.2 Å². The van der Waals surface area contributed by atoms with Crippen molar-refractivity contribution in [2.24, 2.45) is 0 Å². The van der Waals surface area contributed by atoms with Crippen molar-refractivity contribution in [1.82, 2.24) is 0 Å². The van der Waals surface area contributed by atoms with E-state index in [1.165, 1.54) is 6.04 Å². The average molecular weight is 98.2 g/mol. The van der Waals surface area contributed by atoms with Crippen LogP contribution in [0.4, 0.5) is 0 Å². The lowest BCUT2D eigenvalue weighted by molar-refractivity contribution is 1.60. The molecule has 0 fully saturated rings. The Labute approximate surface area is 42.1 Å². The Morgan fingerprint density at radius 3 is 2.50 bits per heavy atom. The van der Waals surface area contributed by atoms with Crippen molar-refractivity contribution >= 4 is 9.52 Å². The summed E-state index contributed by atoms with van der Waals surface area (Å²) in [5.74, 6) is 0. The standard InChI is InChI=1S/C5H10Si/c1-3-4-5-6-2/h3-4H,5H2,1-2H3/b4-3-. The maximum atomic E-state index is 2.21. The van der Waals surface area contributed by atoms with Crippen LogP contribution in [0.15, 0.2) is 12.2 Å². The fraction of sp³-hybridized carbons (Fsp3) is 0.600. The molecule has 0 spiro atoms. The van der Waals surface area contributed by atoms with Gasteiger partial charge in [0.2, 0.25) is 0 Å². The molecular formula is C5H10Si. The van der Waals surface area contributed by atoms with Crippen LogP contribution in [-0.4, -0.2) is 9.52 Å². The van der Waals surface area contributed by atoms with Gasteiger partial charge in [0.05, 0.1) is 0 Å². The van der Waals surface area contributed by atoms with Crippen molar-refractivity contribution in [3.8, 4) is 0 Å². The Bertz CT molecular complexity index is 39.2. The summed E-state index contributed by atoms with van der Waals surface area (Å²) < 4.78 is 0. The maximum absolute atomic E-state index is 2.21. The van der Waals surface area contributed by atoms with E-state index in [9.17, 15) is 0 Å². The van der Waals surface area contributed by atoms with Gasteiger partial charge in [0.15, 0.2) is 0 Å². The highest BCUT2D eigenvalue weighted by Crippen LogP contribution is 1.77. The molecule has 0 atom stereocenters. The first kappa shape index (κ1) is 5.96. The predicted octanol–water partition coefficient (Wildman–Crippen LogP) is 1.73. The predicted molar refractivity (Wildman–Crippen MR) is 31.2 cm³/mol. The average Bonchev–Trinajstić information content (AvgIpc) is 1.61. The van der Waals surface area contributed by atoms with Gasteiger partial charge >= 0.3 is 0 Å². The van der Waals surface area contributed by atoms with Crippen LogP contribution < -0.4 is 0 Å². The molecule has 34 valence electrons. The number of hydrogen-bond acceptors (Lipinski definition) is 0. The second-order valence-electron chi connectivity index (χ2n) is 1.13. The van der Waals surface area contributed by atoms with Gasteiger partial charge in [-0.1, -0.05) is 18.7 Å². The van der Waals surface area contributed by atoms with E-state index in [4.69, 9.17) is 0 Å². The lowest BCUT2D eigenvalue weighted by Gasteiger charge is -1.74. The molecule has 0 aliphatic rings. The molecule has 0 unspecified atom stereocenters. The van der Waals surface area contributed by atoms with Gasteiger partial charge in [0.25, 0.3) is 0 Å². The molecule has 0 saturated carbocycles. The lowest BCUT2D eigenvalue weighted by Crippen LogP contribution is -1.70. The molecule has 0 aliphatic heterocycles. The molecule has 0 heterocycles. The Balaban J connectivity index is 2.66. The SMILES string of the molecule is C/C=C\C[Si]C. The van der Waals surface area contributed by atoms with Gasteiger partial charge in [-0.05, 0) is 13.0 Å². The van der Waals surface area contributed by atoms with E-state index in [-0.39, 0.29) is 0 Å². The third-order valence-electron chi connectivity index (χ3n) is 0.558. The Morgan fingerprint density at radius 2 is 2.33 bits per heavy atom. The van der Waals surface area contributed by atoms with Crippen molar-refractivity contribution in [3.63, 3.8) is 0 Å². The first-order chi connectivity index (χ1) is 2.91. The van der Waals surface area contributed by atoms with Crippen molar-refractivity contribution in [2.75, 3.05) is 0 Å².